The third-order valence-electron chi connectivity index (χ3n) is 3.02. The van der Waals surface area contributed by atoms with Gasteiger partial charge in [-0.05, 0) is 5.92 Å². The van der Waals surface area contributed by atoms with Crippen molar-refractivity contribution in [3.63, 3.8) is 0 Å². The third kappa shape index (κ3) is 3.53. The lowest BCUT2D eigenvalue weighted by Crippen LogP contribution is -2.22. The second kappa shape index (κ2) is 6.17. The monoisotopic (exact) mass is 331 g/mol. The van der Waals surface area contributed by atoms with Gasteiger partial charge in [-0.1, -0.05) is 13.8 Å². The maximum Gasteiger partial charge on any atom is 0.354 e. The number of anilines is 1. The summed E-state index contributed by atoms with van der Waals surface area (Å²) in [6.45, 7) is 3.60. The summed E-state index contributed by atoms with van der Waals surface area (Å²) in [6.07, 6.45) is 1.40. The zero-order chi connectivity index (χ0) is 16.5. The van der Waals surface area contributed by atoms with Crippen molar-refractivity contribution in [1.82, 2.24) is 19.5 Å². The standard InChI is InChI=1S/C11H18N5O5P/c1-6(2)10(22(18,19)20)21-4-3-16-5-13-7-8(16)14-11(12)15-9(7)17/h5-6,10H,3-4H2,1-2H3,(H2,18,19,20)(H3,12,14,15,17). The van der Waals surface area contributed by atoms with Crippen LogP contribution in [0.2, 0.25) is 0 Å². The lowest BCUT2D eigenvalue weighted by atomic mass is 10.2. The Hall–Kier alpha value is -1.74. The number of H-pyrrole nitrogens is 1. The molecule has 0 aromatic carbocycles. The first kappa shape index (κ1) is 16.6. The number of imidazole rings is 1. The van der Waals surface area contributed by atoms with Gasteiger partial charge in [0.2, 0.25) is 5.95 Å². The molecule has 2 aromatic heterocycles. The summed E-state index contributed by atoms with van der Waals surface area (Å²) >= 11 is 0. The van der Waals surface area contributed by atoms with Crippen molar-refractivity contribution in [2.45, 2.75) is 26.2 Å². The molecule has 0 bridgehead atoms. The summed E-state index contributed by atoms with van der Waals surface area (Å²) < 4.78 is 18.2. The van der Waals surface area contributed by atoms with E-state index in [1.54, 1.807) is 13.8 Å². The van der Waals surface area contributed by atoms with Crippen LogP contribution in [0, 0.1) is 5.92 Å². The summed E-state index contributed by atoms with van der Waals surface area (Å²) in [5, 5.41) is 0. The van der Waals surface area contributed by atoms with E-state index in [9.17, 15) is 19.1 Å². The molecule has 1 atom stereocenters. The van der Waals surface area contributed by atoms with Crippen molar-refractivity contribution in [3.8, 4) is 0 Å². The third-order valence-corrected chi connectivity index (χ3v) is 4.42. The number of nitrogen functional groups attached to an aromatic ring is 1. The van der Waals surface area contributed by atoms with Crippen molar-refractivity contribution in [2.75, 3.05) is 12.3 Å². The van der Waals surface area contributed by atoms with Gasteiger partial charge in [-0.2, -0.15) is 4.98 Å². The molecule has 122 valence electrons. The number of hydrogen-bond acceptors (Lipinski definition) is 6. The van der Waals surface area contributed by atoms with E-state index in [1.165, 1.54) is 10.9 Å². The first-order valence-corrected chi connectivity index (χ1v) is 8.25. The van der Waals surface area contributed by atoms with Gasteiger partial charge in [-0.15, -0.1) is 0 Å². The molecule has 2 aromatic rings. The van der Waals surface area contributed by atoms with E-state index in [1.807, 2.05) is 0 Å². The largest absolute Gasteiger partial charge is 0.369 e. The first-order chi connectivity index (χ1) is 10.2. The average molecular weight is 331 g/mol. The molecule has 22 heavy (non-hydrogen) atoms. The van der Waals surface area contributed by atoms with Crippen LogP contribution in [0.5, 0.6) is 0 Å². The molecule has 0 aliphatic carbocycles. The summed E-state index contributed by atoms with van der Waals surface area (Å²) in [7, 11) is -4.34. The Morgan fingerprint density at radius 3 is 2.77 bits per heavy atom. The fourth-order valence-electron chi connectivity index (χ4n) is 2.08. The predicted octanol–water partition coefficient (Wildman–Crippen LogP) is -0.122. The molecule has 0 aliphatic rings. The topological polar surface area (TPSA) is 156 Å². The van der Waals surface area contributed by atoms with E-state index in [2.05, 4.69) is 15.0 Å². The second-order valence-electron chi connectivity index (χ2n) is 5.16. The molecule has 0 aliphatic heterocycles. The number of ether oxygens (including phenoxy) is 1. The van der Waals surface area contributed by atoms with Crippen LogP contribution in [0.15, 0.2) is 11.1 Å². The van der Waals surface area contributed by atoms with E-state index in [0.29, 0.717) is 5.65 Å². The van der Waals surface area contributed by atoms with Gasteiger partial charge in [0.05, 0.1) is 12.9 Å². The Balaban J connectivity index is 2.13. The number of rotatable bonds is 6. The van der Waals surface area contributed by atoms with E-state index in [0.717, 1.165) is 0 Å². The molecule has 0 saturated carbocycles. The van der Waals surface area contributed by atoms with Crippen LogP contribution in [0.3, 0.4) is 0 Å². The molecule has 5 N–H and O–H groups in total. The first-order valence-electron chi connectivity index (χ1n) is 6.57. The number of nitrogens with two attached hydrogens (primary N) is 1. The molecule has 2 rings (SSSR count). The van der Waals surface area contributed by atoms with Gasteiger partial charge >= 0.3 is 7.60 Å². The van der Waals surface area contributed by atoms with Crippen molar-refractivity contribution >= 4 is 24.7 Å². The maximum atomic E-state index is 11.6. The molecular weight excluding hydrogens is 313 g/mol. The van der Waals surface area contributed by atoms with Crippen molar-refractivity contribution < 1.29 is 19.1 Å². The van der Waals surface area contributed by atoms with Gasteiger partial charge in [-0.3, -0.25) is 14.3 Å². The summed E-state index contributed by atoms with van der Waals surface area (Å²) in [4.78, 5) is 40.4. The minimum absolute atomic E-state index is 0.0320. The van der Waals surface area contributed by atoms with Crippen molar-refractivity contribution in [1.29, 1.82) is 0 Å². The molecule has 0 radical (unpaired) electrons. The molecular formula is C11H18N5O5P. The van der Waals surface area contributed by atoms with Crippen LogP contribution in [-0.2, 0) is 15.8 Å². The van der Waals surface area contributed by atoms with Crippen LogP contribution in [0.1, 0.15) is 13.8 Å². The lowest BCUT2D eigenvalue weighted by Gasteiger charge is -2.22. The number of nitrogens with one attached hydrogen (secondary N) is 1. The Morgan fingerprint density at radius 1 is 1.50 bits per heavy atom. The Bertz CT molecular complexity index is 764. The Kier molecular flexibility index (Phi) is 4.66. The number of fused-ring (bicyclic) bond motifs is 1. The minimum atomic E-state index is -4.34. The predicted molar refractivity (Wildman–Crippen MR) is 79.2 cm³/mol. The van der Waals surface area contributed by atoms with Crippen LogP contribution in [-0.4, -0.2) is 41.8 Å². The summed E-state index contributed by atoms with van der Waals surface area (Å²) in [5.74, 6) is -1.55. The average Bonchev–Trinajstić information content (AvgIpc) is 2.76. The highest BCUT2D eigenvalue weighted by molar-refractivity contribution is 7.52. The Labute approximate surface area is 125 Å². The smallest absolute Gasteiger partial charge is 0.354 e. The summed E-state index contributed by atoms with van der Waals surface area (Å²) in [5.41, 5.74) is 5.47. The van der Waals surface area contributed by atoms with E-state index >= 15 is 0 Å². The van der Waals surface area contributed by atoms with E-state index < -0.39 is 19.0 Å². The van der Waals surface area contributed by atoms with Crippen molar-refractivity contribution in [3.05, 3.63) is 16.7 Å². The molecule has 2 heterocycles. The van der Waals surface area contributed by atoms with E-state index in [4.69, 9.17) is 10.5 Å². The van der Waals surface area contributed by atoms with Crippen LogP contribution < -0.4 is 11.3 Å². The van der Waals surface area contributed by atoms with Gasteiger partial charge < -0.3 is 24.8 Å². The zero-order valence-corrected chi connectivity index (χ0v) is 13.0. The van der Waals surface area contributed by atoms with E-state index in [-0.39, 0.29) is 30.5 Å². The Morgan fingerprint density at radius 2 is 2.18 bits per heavy atom. The van der Waals surface area contributed by atoms with Crippen LogP contribution in [0.4, 0.5) is 5.95 Å². The van der Waals surface area contributed by atoms with Crippen molar-refractivity contribution in [2.24, 2.45) is 5.92 Å². The quantitative estimate of drug-likeness (QED) is 0.534. The zero-order valence-electron chi connectivity index (χ0n) is 12.1. The molecule has 10 nitrogen and oxygen atoms in total. The normalized spacial score (nSPS) is 13.9. The van der Waals surface area contributed by atoms with Crippen LogP contribution in [0.25, 0.3) is 11.2 Å². The van der Waals surface area contributed by atoms with Gasteiger partial charge in [-0.25, -0.2) is 4.98 Å². The molecule has 11 heteroatoms. The van der Waals surface area contributed by atoms with Gasteiger partial charge in [0, 0.05) is 6.54 Å². The lowest BCUT2D eigenvalue weighted by molar-refractivity contribution is 0.0532. The summed E-state index contributed by atoms with van der Waals surface area (Å²) in [6, 6.07) is 0. The molecule has 0 spiro atoms. The van der Waals surface area contributed by atoms with Gasteiger partial charge in [0.25, 0.3) is 5.56 Å². The maximum absolute atomic E-state index is 11.6. The fourth-order valence-corrected chi connectivity index (χ4v) is 3.16. The molecule has 0 amide bonds. The second-order valence-corrected chi connectivity index (χ2v) is 6.84. The number of aromatic amines is 1. The highest BCUT2D eigenvalue weighted by Gasteiger charge is 2.32. The SMILES string of the molecule is CC(C)C(OCCn1cnc2c(=O)[nH]c(N)nc21)P(=O)(O)O. The number of aromatic nitrogens is 4. The van der Waals surface area contributed by atoms with Gasteiger partial charge in [0.15, 0.2) is 17.0 Å². The van der Waals surface area contributed by atoms with Crippen LogP contribution >= 0.6 is 7.60 Å². The highest BCUT2D eigenvalue weighted by atomic mass is 31.2. The molecule has 1 unspecified atom stereocenters. The fraction of sp³-hybridized carbons (Fsp3) is 0.545. The molecule has 0 fully saturated rings. The minimum Gasteiger partial charge on any atom is -0.369 e. The highest BCUT2D eigenvalue weighted by Crippen LogP contribution is 2.45. The van der Waals surface area contributed by atoms with Gasteiger partial charge in [0.1, 0.15) is 0 Å². The number of hydrogen-bond donors (Lipinski definition) is 4. The molecule has 0 saturated heterocycles. The number of nitrogens with zero attached hydrogens (tertiary/aromatic N) is 3.